The van der Waals surface area contributed by atoms with Gasteiger partial charge in [-0.25, -0.2) is 0 Å². The van der Waals surface area contributed by atoms with Crippen LogP contribution in [0.1, 0.15) is 19.3 Å². The molecule has 0 bridgehead atoms. The summed E-state index contributed by atoms with van der Waals surface area (Å²) < 4.78 is 0. The smallest absolute Gasteiger partial charge is 0.111 e. The van der Waals surface area contributed by atoms with E-state index < -0.39 is 0 Å². The monoisotopic (exact) mass is 204 g/mol. The van der Waals surface area contributed by atoms with Crippen LogP contribution in [0.2, 0.25) is 0 Å². The van der Waals surface area contributed by atoms with Crippen LogP contribution in [0.15, 0.2) is 35.7 Å². The van der Waals surface area contributed by atoms with Gasteiger partial charge in [-0.2, -0.15) is 0 Å². The van der Waals surface area contributed by atoms with Crippen molar-refractivity contribution in [1.29, 1.82) is 0 Å². The second-order valence-corrected chi connectivity index (χ2v) is 4.44. The fourth-order valence-electron chi connectivity index (χ4n) is 2.35. The summed E-state index contributed by atoms with van der Waals surface area (Å²) in [4.78, 5) is 4.75. The highest BCUT2D eigenvalue weighted by Gasteiger charge is 2.17. The molecule has 0 unspecified atom stereocenters. The quantitative estimate of drug-likeness (QED) is 0.681. The third-order valence-corrected chi connectivity index (χ3v) is 3.00. The molecular formula is C13H20N2. The van der Waals surface area contributed by atoms with Crippen molar-refractivity contribution in [3.8, 4) is 0 Å². The maximum Gasteiger partial charge on any atom is 0.111 e. The Kier molecular flexibility index (Phi) is 3.14. The van der Waals surface area contributed by atoms with Crippen LogP contribution in [0.3, 0.4) is 0 Å². The molecular weight excluding hydrogens is 184 g/mol. The molecule has 0 aromatic carbocycles. The first kappa shape index (κ1) is 10.3. The molecule has 1 aliphatic heterocycles. The maximum absolute atomic E-state index is 2.51. The summed E-state index contributed by atoms with van der Waals surface area (Å²) >= 11 is 0. The molecule has 0 N–H and O–H groups in total. The minimum Gasteiger partial charge on any atom is -0.364 e. The van der Waals surface area contributed by atoms with E-state index in [1.165, 1.54) is 43.7 Å². The first-order valence-corrected chi connectivity index (χ1v) is 5.80. The number of likely N-dealkylation sites (tertiary alicyclic amines) is 1. The van der Waals surface area contributed by atoms with Crippen molar-refractivity contribution in [2.45, 2.75) is 19.3 Å². The topological polar surface area (TPSA) is 6.48 Å². The van der Waals surface area contributed by atoms with Crippen LogP contribution in [-0.2, 0) is 0 Å². The molecule has 0 saturated carbocycles. The van der Waals surface area contributed by atoms with Crippen LogP contribution in [0.5, 0.6) is 0 Å². The van der Waals surface area contributed by atoms with E-state index in [2.05, 4.69) is 48.2 Å². The lowest BCUT2D eigenvalue weighted by molar-refractivity contribution is 0.219. The van der Waals surface area contributed by atoms with Gasteiger partial charge in [0.2, 0.25) is 0 Å². The number of rotatable bonds is 2. The molecule has 1 fully saturated rings. The standard InChI is InChI=1S/C13H20N2/c1-14(2)13(12-8-4-5-9-12)15-10-6-3-7-11-15/h4-5,8-9H,3,6-7,10-11H2,1-2H3. The molecule has 2 heteroatoms. The van der Waals surface area contributed by atoms with Crippen molar-refractivity contribution in [2.24, 2.45) is 0 Å². The Bertz CT molecular complexity index is 290. The maximum atomic E-state index is 2.51. The van der Waals surface area contributed by atoms with Crippen molar-refractivity contribution >= 4 is 0 Å². The molecule has 0 amide bonds. The number of piperidine rings is 1. The van der Waals surface area contributed by atoms with E-state index in [1.807, 2.05) is 0 Å². The Morgan fingerprint density at radius 2 is 1.67 bits per heavy atom. The molecule has 1 saturated heterocycles. The van der Waals surface area contributed by atoms with Gasteiger partial charge < -0.3 is 9.80 Å². The minimum atomic E-state index is 1.21. The van der Waals surface area contributed by atoms with E-state index in [4.69, 9.17) is 0 Å². The third kappa shape index (κ3) is 2.25. The van der Waals surface area contributed by atoms with Gasteiger partial charge in [-0.15, -0.1) is 0 Å². The average molecular weight is 204 g/mol. The molecule has 0 aromatic rings. The van der Waals surface area contributed by atoms with E-state index in [9.17, 15) is 0 Å². The predicted octanol–water partition coefficient (Wildman–Crippen LogP) is 2.37. The van der Waals surface area contributed by atoms with E-state index in [-0.39, 0.29) is 0 Å². The molecule has 15 heavy (non-hydrogen) atoms. The van der Waals surface area contributed by atoms with Crippen molar-refractivity contribution in [2.75, 3.05) is 27.2 Å². The average Bonchev–Trinajstić information content (AvgIpc) is 2.72. The Morgan fingerprint density at radius 1 is 1.07 bits per heavy atom. The van der Waals surface area contributed by atoms with Crippen LogP contribution in [0.4, 0.5) is 0 Å². The van der Waals surface area contributed by atoms with Crippen LogP contribution >= 0.6 is 0 Å². The van der Waals surface area contributed by atoms with Crippen molar-refractivity contribution in [3.63, 3.8) is 0 Å². The lowest BCUT2D eigenvalue weighted by Gasteiger charge is -2.35. The second-order valence-electron chi connectivity index (χ2n) is 4.44. The zero-order chi connectivity index (χ0) is 10.7. The number of hydrogen-bond donors (Lipinski definition) is 0. The van der Waals surface area contributed by atoms with Gasteiger partial charge in [-0.1, -0.05) is 24.3 Å². The van der Waals surface area contributed by atoms with E-state index in [0.717, 1.165) is 0 Å². The molecule has 2 rings (SSSR count). The number of allylic oxidation sites excluding steroid dienone is 5. The fraction of sp³-hybridized carbons (Fsp3) is 0.538. The summed E-state index contributed by atoms with van der Waals surface area (Å²) in [7, 11) is 4.27. The Labute approximate surface area is 92.6 Å². The first-order valence-electron chi connectivity index (χ1n) is 5.80. The lowest BCUT2D eigenvalue weighted by Crippen LogP contribution is -2.36. The van der Waals surface area contributed by atoms with E-state index >= 15 is 0 Å². The van der Waals surface area contributed by atoms with Crippen LogP contribution in [-0.4, -0.2) is 37.0 Å². The SMILES string of the molecule is CN(C)C(=C1C=CC=C1)N1CCCCC1. The van der Waals surface area contributed by atoms with Crippen molar-refractivity contribution in [1.82, 2.24) is 9.80 Å². The van der Waals surface area contributed by atoms with Crippen LogP contribution < -0.4 is 0 Å². The number of nitrogens with zero attached hydrogens (tertiary/aromatic N) is 2. The largest absolute Gasteiger partial charge is 0.364 e. The van der Waals surface area contributed by atoms with Gasteiger partial charge in [0, 0.05) is 32.8 Å². The molecule has 2 aliphatic rings. The molecule has 1 heterocycles. The zero-order valence-corrected chi connectivity index (χ0v) is 9.74. The van der Waals surface area contributed by atoms with Crippen molar-refractivity contribution < 1.29 is 0 Å². The van der Waals surface area contributed by atoms with Gasteiger partial charge in [-0.3, -0.25) is 0 Å². The molecule has 0 atom stereocenters. The summed E-state index contributed by atoms with van der Waals surface area (Å²) in [6.45, 7) is 2.41. The summed E-state index contributed by atoms with van der Waals surface area (Å²) in [6, 6.07) is 0. The molecule has 2 nitrogen and oxygen atoms in total. The van der Waals surface area contributed by atoms with E-state index in [0.29, 0.717) is 0 Å². The minimum absolute atomic E-state index is 1.21. The molecule has 0 spiro atoms. The van der Waals surface area contributed by atoms with Gasteiger partial charge in [0.05, 0.1) is 0 Å². The molecule has 0 radical (unpaired) electrons. The normalized spacial score (nSPS) is 19.9. The van der Waals surface area contributed by atoms with Gasteiger partial charge >= 0.3 is 0 Å². The summed E-state index contributed by atoms with van der Waals surface area (Å²) in [5.74, 6) is 1.37. The molecule has 82 valence electrons. The predicted molar refractivity (Wildman–Crippen MR) is 64.4 cm³/mol. The summed E-state index contributed by atoms with van der Waals surface area (Å²) in [5, 5.41) is 0. The summed E-state index contributed by atoms with van der Waals surface area (Å²) in [5.41, 5.74) is 1.35. The number of hydrogen-bond acceptors (Lipinski definition) is 2. The first-order chi connectivity index (χ1) is 7.29. The van der Waals surface area contributed by atoms with E-state index in [1.54, 1.807) is 0 Å². The van der Waals surface area contributed by atoms with Gasteiger partial charge in [-0.05, 0) is 19.3 Å². The Hall–Kier alpha value is -1.18. The molecule has 1 aliphatic carbocycles. The van der Waals surface area contributed by atoms with Crippen molar-refractivity contribution in [3.05, 3.63) is 35.7 Å². The van der Waals surface area contributed by atoms with Crippen LogP contribution in [0.25, 0.3) is 0 Å². The Balaban J connectivity index is 2.22. The zero-order valence-electron chi connectivity index (χ0n) is 9.74. The lowest BCUT2D eigenvalue weighted by atomic mass is 10.1. The fourth-order valence-corrected chi connectivity index (χ4v) is 2.35. The second kappa shape index (κ2) is 4.56. The van der Waals surface area contributed by atoms with Gasteiger partial charge in [0.15, 0.2) is 0 Å². The highest BCUT2D eigenvalue weighted by molar-refractivity contribution is 5.42. The third-order valence-electron chi connectivity index (χ3n) is 3.00. The summed E-state index contributed by atoms with van der Waals surface area (Å²) in [6.07, 6.45) is 12.7. The molecule has 0 aromatic heterocycles. The highest BCUT2D eigenvalue weighted by Crippen LogP contribution is 2.22. The van der Waals surface area contributed by atoms with Gasteiger partial charge in [0.25, 0.3) is 0 Å². The highest BCUT2D eigenvalue weighted by atomic mass is 15.3. The van der Waals surface area contributed by atoms with Crippen LogP contribution in [0, 0.1) is 0 Å². The van der Waals surface area contributed by atoms with Gasteiger partial charge in [0.1, 0.15) is 5.82 Å². The Morgan fingerprint density at radius 3 is 2.20 bits per heavy atom.